The minimum absolute atomic E-state index is 0.115. The van der Waals surface area contributed by atoms with E-state index in [1.807, 2.05) is 6.92 Å². The summed E-state index contributed by atoms with van der Waals surface area (Å²) in [5.41, 5.74) is 3.13. The van der Waals surface area contributed by atoms with Gasteiger partial charge in [-0.15, -0.1) is 0 Å². The van der Waals surface area contributed by atoms with Gasteiger partial charge < -0.3 is 0 Å². The van der Waals surface area contributed by atoms with Crippen molar-refractivity contribution in [2.75, 3.05) is 0 Å². The van der Waals surface area contributed by atoms with E-state index < -0.39 is 0 Å². The van der Waals surface area contributed by atoms with Crippen molar-refractivity contribution in [1.82, 2.24) is 5.43 Å². The van der Waals surface area contributed by atoms with Gasteiger partial charge in [-0.25, -0.2) is 9.82 Å². The number of rotatable bonds is 4. The Hall–Kier alpha value is -1.71. The van der Waals surface area contributed by atoms with Crippen molar-refractivity contribution in [2.24, 2.45) is 5.10 Å². The Balaban J connectivity index is 2.44. The monoisotopic (exact) mass is 208 g/mol. The number of amides is 1. The molecule has 3 nitrogen and oxygen atoms in total. The van der Waals surface area contributed by atoms with Crippen LogP contribution >= 0.6 is 0 Å². The maximum absolute atomic E-state index is 12.5. The lowest BCUT2D eigenvalue weighted by Gasteiger charge is -1.96. The molecule has 1 aromatic rings. The molecule has 0 atom stereocenters. The standard InChI is InChI=1S/C11H13FN2O/c1-2-3-11(15)14-13-8-9-4-6-10(12)7-5-9/h4-8H,2-3H2,1H3,(H,14,15)/b13-8+. The van der Waals surface area contributed by atoms with Gasteiger partial charge in [-0.1, -0.05) is 19.1 Å². The molecule has 1 aromatic carbocycles. The maximum Gasteiger partial charge on any atom is 0.240 e. The van der Waals surface area contributed by atoms with Crippen molar-refractivity contribution >= 4 is 12.1 Å². The van der Waals surface area contributed by atoms with E-state index >= 15 is 0 Å². The molecule has 0 fully saturated rings. The van der Waals surface area contributed by atoms with Crippen LogP contribution in [0.15, 0.2) is 29.4 Å². The lowest BCUT2D eigenvalue weighted by Crippen LogP contribution is -2.16. The van der Waals surface area contributed by atoms with E-state index in [4.69, 9.17) is 0 Å². The van der Waals surface area contributed by atoms with Crippen LogP contribution in [0.1, 0.15) is 25.3 Å². The van der Waals surface area contributed by atoms with Crippen LogP contribution in [0.25, 0.3) is 0 Å². The lowest BCUT2D eigenvalue weighted by atomic mass is 10.2. The number of hydrogen-bond acceptors (Lipinski definition) is 2. The first-order chi connectivity index (χ1) is 7.22. The number of carbonyl (C=O) groups excluding carboxylic acids is 1. The fourth-order valence-electron chi connectivity index (χ4n) is 1.01. The predicted octanol–water partition coefficient (Wildman–Crippen LogP) is 2.08. The molecule has 1 rings (SSSR count). The lowest BCUT2D eigenvalue weighted by molar-refractivity contribution is -0.121. The second-order valence-corrected chi connectivity index (χ2v) is 3.09. The number of nitrogens with one attached hydrogen (secondary N) is 1. The molecule has 0 radical (unpaired) electrons. The SMILES string of the molecule is CCCC(=O)N/N=C/c1ccc(F)cc1. The molecule has 0 aliphatic rings. The van der Waals surface area contributed by atoms with Crippen LogP contribution < -0.4 is 5.43 Å². The van der Waals surface area contributed by atoms with Gasteiger partial charge >= 0.3 is 0 Å². The van der Waals surface area contributed by atoms with Crippen molar-refractivity contribution in [1.29, 1.82) is 0 Å². The van der Waals surface area contributed by atoms with E-state index in [1.54, 1.807) is 12.1 Å². The van der Waals surface area contributed by atoms with Crippen LogP contribution in [-0.4, -0.2) is 12.1 Å². The smallest absolute Gasteiger partial charge is 0.240 e. The highest BCUT2D eigenvalue weighted by Crippen LogP contribution is 1.99. The Morgan fingerprint density at radius 2 is 2.13 bits per heavy atom. The van der Waals surface area contributed by atoms with Gasteiger partial charge in [0.25, 0.3) is 0 Å². The number of carbonyl (C=O) groups is 1. The van der Waals surface area contributed by atoms with Gasteiger partial charge in [0.15, 0.2) is 0 Å². The first kappa shape index (κ1) is 11.4. The van der Waals surface area contributed by atoms with Gasteiger partial charge in [-0.05, 0) is 24.1 Å². The number of hydrazone groups is 1. The second-order valence-electron chi connectivity index (χ2n) is 3.09. The Kier molecular flexibility index (Phi) is 4.47. The zero-order valence-corrected chi connectivity index (χ0v) is 8.53. The average Bonchev–Trinajstić information content (AvgIpc) is 2.21. The summed E-state index contributed by atoms with van der Waals surface area (Å²) in [6, 6.07) is 5.86. The quantitative estimate of drug-likeness (QED) is 0.597. The zero-order chi connectivity index (χ0) is 11.1. The van der Waals surface area contributed by atoms with E-state index in [0.717, 1.165) is 12.0 Å². The molecule has 80 valence electrons. The average molecular weight is 208 g/mol. The Morgan fingerprint density at radius 1 is 1.47 bits per heavy atom. The molecule has 0 aliphatic carbocycles. The van der Waals surface area contributed by atoms with E-state index in [1.165, 1.54) is 18.3 Å². The molecule has 0 spiro atoms. The number of nitrogens with zero attached hydrogens (tertiary/aromatic N) is 1. The van der Waals surface area contributed by atoms with Crippen molar-refractivity contribution in [3.8, 4) is 0 Å². The molecular weight excluding hydrogens is 195 g/mol. The van der Waals surface area contributed by atoms with E-state index in [2.05, 4.69) is 10.5 Å². The largest absolute Gasteiger partial charge is 0.273 e. The number of halogens is 1. The molecule has 0 saturated carbocycles. The van der Waals surface area contributed by atoms with Crippen molar-refractivity contribution < 1.29 is 9.18 Å². The third kappa shape index (κ3) is 4.35. The summed E-state index contributed by atoms with van der Waals surface area (Å²) in [6.07, 6.45) is 2.73. The number of hydrogen-bond donors (Lipinski definition) is 1. The van der Waals surface area contributed by atoms with Gasteiger partial charge in [-0.3, -0.25) is 4.79 Å². The van der Waals surface area contributed by atoms with Crippen LogP contribution in [0.4, 0.5) is 4.39 Å². The van der Waals surface area contributed by atoms with E-state index in [9.17, 15) is 9.18 Å². The second kappa shape index (κ2) is 5.90. The van der Waals surface area contributed by atoms with Crippen LogP contribution in [0.5, 0.6) is 0 Å². The summed E-state index contributed by atoms with van der Waals surface area (Å²) in [4.78, 5) is 11.0. The normalized spacial score (nSPS) is 10.5. The highest BCUT2D eigenvalue weighted by Gasteiger charge is 1.95. The highest BCUT2D eigenvalue weighted by molar-refractivity contribution is 5.82. The summed E-state index contributed by atoms with van der Waals surface area (Å²) in [5.74, 6) is -0.405. The van der Waals surface area contributed by atoms with Gasteiger partial charge in [0, 0.05) is 6.42 Å². The molecule has 0 aliphatic heterocycles. The molecule has 0 bridgehead atoms. The molecule has 0 heterocycles. The number of benzene rings is 1. The van der Waals surface area contributed by atoms with E-state index in [0.29, 0.717) is 6.42 Å². The first-order valence-electron chi connectivity index (χ1n) is 4.80. The molecule has 1 N–H and O–H groups in total. The molecule has 4 heteroatoms. The summed E-state index contributed by atoms with van der Waals surface area (Å²) in [7, 11) is 0. The Labute approximate surface area is 88.0 Å². The molecule has 15 heavy (non-hydrogen) atoms. The summed E-state index contributed by atoms with van der Waals surface area (Å²) in [5, 5.41) is 3.74. The predicted molar refractivity (Wildman–Crippen MR) is 57.0 cm³/mol. The molecular formula is C11H13FN2O. The fraction of sp³-hybridized carbons (Fsp3) is 0.273. The van der Waals surface area contributed by atoms with Crippen LogP contribution in [0.2, 0.25) is 0 Å². The highest BCUT2D eigenvalue weighted by atomic mass is 19.1. The van der Waals surface area contributed by atoms with Crippen LogP contribution in [0.3, 0.4) is 0 Å². The minimum atomic E-state index is -0.290. The first-order valence-corrected chi connectivity index (χ1v) is 4.80. The van der Waals surface area contributed by atoms with E-state index in [-0.39, 0.29) is 11.7 Å². The minimum Gasteiger partial charge on any atom is -0.273 e. The van der Waals surface area contributed by atoms with Crippen molar-refractivity contribution in [3.05, 3.63) is 35.6 Å². The van der Waals surface area contributed by atoms with Gasteiger partial charge in [-0.2, -0.15) is 5.10 Å². The van der Waals surface area contributed by atoms with Gasteiger partial charge in [0.05, 0.1) is 6.21 Å². The summed E-state index contributed by atoms with van der Waals surface area (Å²) < 4.78 is 12.5. The topological polar surface area (TPSA) is 41.5 Å². The Morgan fingerprint density at radius 3 is 2.73 bits per heavy atom. The van der Waals surface area contributed by atoms with Gasteiger partial charge in [0.2, 0.25) is 5.91 Å². The Bertz CT molecular complexity index is 346. The van der Waals surface area contributed by atoms with Crippen molar-refractivity contribution in [2.45, 2.75) is 19.8 Å². The molecule has 1 amide bonds. The van der Waals surface area contributed by atoms with Crippen molar-refractivity contribution in [3.63, 3.8) is 0 Å². The summed E-state index contributed by atoms with van der Waals surface area (Å²) >= 11 is 0. The fourth-order valence-corrected chi connectivity index (χ4v) is 1.01. The zero-order valence-electron chi connectivity index (χ0n) is 8.53. The maximum atomic E-state index is 12.5. The molecule has 0 aromatic heterocycles. The van der Waals surface area contributed by atoms with Crippen LogP contribution in [-0.2, 0) is 4.79 Å². The summed E-state index contributed by atoms with van der Waals surface area (Å²) in [6.45, 7) is 1.92. The third-order valence-corrected chi connectivity index (χ3v) is 1.75. The van der Waals surface area contributed by atoms with Gasteiger partial charge in [0.1, 0.15) is 5.82 Å². The third-order valence-electron chi connectivity index (χ3n) is 1.75. The van der Waals surface area contributed by atoms with Crippen LogP contribution in [0, 0.1) is 5.82 Å². The molecule has 0 unspecified atom stereocenters. The molecule has 0 saturated heterocycles.